The quantitative estimate of drug-likeness (QED) is 0.760. The monoisotopic (exact) mass is 330 g/mol. The Balaban J connectivity index is 3.07. The average Bonchev–Trinajstić information content (AvgIpc) is 2.44. The summed E-state index contributed by atoms with van der Waals surface area (Å²) < 4.78 is 34.9. The molecule has 0 heterocycles. The molecule has 122 valence electrons. The van der Waals surface area contributed by atoms with E-state index < -0.39 is 28.5 Å². The second-order valence-electron chi connectivity index (χ2n) is 4.48. The van der Waals surface area contributed by atoms with Crippen LogP contribution in [-0.4, -0.2) is 52.4 Å². The van der Waals surface area contributed by atoms with Crippen molar-refractivity contribution in [3.63, 3.8) is 0 Å². The van der Waals surface area contributed by atoms with Gasteiger partial charge in [-0.25, -0.2) is 12.7 Å². The number of benzene rings is 1. The predicted molar refractivity (Wildman–Crippen MR) is 79.1 cm³/mol. The minimum Gasteiger partial charge on any atom is -0.495 e. The molecule has 0 unspecified atom stereocenters. The molecular weight excluding hydrogens is 312 g/mol. The maximum Gasteiger partial charge on any atom is 0.303 e. The van der Waals surface area contributed by atoms with Crippen LogP contribution in [-0.2, 0) is 24.3 Å². The van der Waals surface area contributed by atoms with E-state index in [9.17, 15) is 18.0 Å². The van der Waals surface area contributed by atoms with Gasteiger partial charge in [-0.15, -0.1) is 0 Å². The molecule has 1 rings (SSSR count). The molecule has 0 spiro atoms. The summed E-state index contributed by atoms with van der Waals surface area (Å²) in [4.78, 5) is 22.3. The number of hydrogen-bond acceptors (Lipinski definition) is 6. The largest absolute Gasteiger partial charge is 0.495 e. The number of rotatable bonds is 6. The maximum atomic E-state index is 12.1. The number of ether oxygens (including phenoxy) is 2. The van der Waals surface area contributed by atoms with Crippen molar-refractivity contribution < 1.29 is 27.5 Å². The third-order valence-corrected chi connectivity index (χ3v) is 4.44. The van der Waals surface area contributed by atoms with Crippen molar-refractivity contribution in [1.82, 2.24) is 4.31 Å². The number of nitrogens with zero attached hydrogens (tertiary/aromatic N) is 1. The van der Waals surface area contributed by atoms with Gasteiger partial charge >= 0.3 is 5.97 Å². The van der Waals surface area contributed by atoms with Gasteiger partial charge < -0.3 is 14.8 Å². The molecule has 1 aromatic rings. The van der Waals surface area contributed by atoms with Gasteiger partial charge in [0.25, 0.3) is 5.91 Å². The number of nitrogens with one attached hydrogen (secondary N) is 1. The third kappa shape index (κ3) is 4.43. The summed E-state index contributed by atoms with van der Waals surface area (Å²) in [6.07, 6.45) is 0. The standard InChI is InChI=1S/C13H18N2O6S/c1-9(16)21-8-13(17)14-11-7-10(5-6-12(11)20-4)22(18,19)15(2)3/h5-7H,8H2,1-4H3,(H,14,17). The first kappa shape index (κ1) is 17.9. The van der Waals surface area contributed by atoms with Gasteiger partial charge in [0.2, 0.25) is 10.0 Å². The van der Waals surface area contributed by atoms with Gasteiger partial charge in [-0.1, -0.05) is 0 Å². The van der Waals surface area contributed by atoms with E-state index in [1.54, 1.807) is 0 Å². The van der Waals surface area contributed by atoms with Gasteiger partial charge in [-0.3, -0.25) is 9.59 Å². The van der Waals surface area contributed by atoms with Crippen LogP contribution in [0.1, 0.15) is 6.92 Å². The Labute approximate surface area is 129 Å². The van der Waals surface area contributed by atoms with Gasteiger partial charge in [0.15, 0.2) is 6.61 Å². The van der Waals surface area contributed by atoms with Crippen LogP contribution in [0.3, 0.4) is 0 Å². The Bertz CT molecular complexity index is 669. The van der Waals surface area contributed by atoms with Gasteiger partial charge in [0, 0.05) is 21.0 Å². The molecule has 0 bridgehead atoms. The molecule has 0 aliphatic carbocycles. The highest BCUT2D eigenvalue weighted by atomic mass is 32.2. The van der Waals surface area contributed by atoms with E-state index in [1.165, 1.54) is 46.3 Å². The van der Waals surface area contributed by atoms with Crippen LogP contribution >= 0.6 is 0 Å². The average molecular weight is 330 g/mol. The smallest absolute Gasteiger partial charge is 0.303 e. The van der Waals surface area contributed by atoms with Crippen molar-refractivity contribution in [3.05, 3.63) is 18.2 Å². The van der Waals surface area contributed by atoms with E-state index >= 15 is 0 Å². The van der Waals surface area contributed by atoms with Crippen LogP contribution in [0.25, 0.3) is 0 Å². The highest BCUT2D eigenvalue weighted by Crippen LogP contribution is 2.28. The Morgan fingerprint density at radius 2 is 1.91 bits per heavy atom. The Hall–Kier alpha value is -2.13. The molecule has 8 nitrogen and oxygen atoms in total. The minimum atomic E-state index is -3.64. The number of anilines is 1. The summed E-state index contributed by atoms with van der Waals surface area (Å²) in [6, 6.07) is 4.08. The SMILES string of the molecule is COc1ccc(S(=O)(=O)N(C)C)cc1NC(=O)COC(C)=O. The highest BCUT2D eigenvalue weighted by molar-refractivity contribution is 7.89. The van der Waals surface area contributed by atoms with Gasteiger partial charge in [-0.2, -0.15) is 0 Å². The lowest BCUT2D eigenvalue weighted by Crippen LogP contribution is -2.23. The third-order valence-electron chi connectivity index (χ3n) is 2.63. The fourth-order valence-corrected chi connectivity index (χ4v) is 2.44. The van der Waals surface area contributed by atoms with E-state index in [4.69, 9.17) is 4.74 Å². The zero-order valence-electron chi connectivity index (χ0n) is 12.7. The molecule has 1 N–H and O–H groups in total. The number of sulfonamides is 1. The Kier molecular flexibility index (Phi) is 5.89. The molecule has 22 heavy (non-hydrogen) atoms. The number of carbonyl (C=O) groups excluding carboxylic acids is 2. The zero-order valence-corrected chi connectivity index (χ0v) is 13.6. The van der Waals surface area contributed by atoms with E-state index in [0.717, 1.165) is 4.31 Å². The summed E-state index contributed by atoms with van der Waals surface area (Å²) in [7, 11) is 0.544. The lowest BCUT2D eigenvalue weighted by atomic mass is 10.3. The predicted octanol–water partition coefficient (Wildman–Crippen LogP) is 0.447. The zero-order chi connectivity index (χ0) is 16.9. The van der Waals surface area contributed by atoms with Crippen molar-refractivity contribution in [3.8, 4) is 5.75 Å². The first-order valence-electron chi connectivity index (χ1n) is 6.22. The van der Waals surface area contributed by atoms with Crippen molar-refractivity contribution in [2.45, 2.75) is 11.8 Å². The molecular formula is C13H18N2O6S. The molecule has 1 amide bonds. The number of amides is 1. The molecule has 0 aromatic heterocycles. The molecule has 0 fully saturated rings. The first-order valence-corrected chi connectivity index (χ1v) is 7.66. The summed E-state index contributed by atoms with van der Waals surface area (Å²) >= 11 is 0. The minimum absolute atomic E-state index is 0.00101. The van der Waals surface area contributed by atoms with E-state index in [-0.39, 0.29) is 16.3 Å². The summed E-state index contributed by atoms with van der Waals surface area (Å²) in [5.74, 6) is -0.909. The number of methoxy groups -OCH3 is 1. The van der Waals surface area contributed by atoms with Gasteiger partial charge in [-0.05, 0) is 18.2 Å². The van der Waals surface area contributed by atoms with Crippen molar-refractivity contribution in [1.29, 1.82) is 0 Å². The molecule has 0 aliphatic heterocycles. The van der Waals surface area contributed by atoms with Crippen LogP contribution in [0, 0.1) is 0 Å². The molecule has 0 aliphatic rings. The van der Waals surface area contributed by atoms with Crippen LogP contribution in [0.4, 0.5) is 5.69 Å². The first-order chi connectivity index (χ1) is 10.2. The van der Waals surface area contributed by atoms with Crippen LogP contribution < -0.4 is 10.1 Å². The lowest BCUT2D eigenvalue weighted by molar-refractivity contribution is -0.144. The fraction of sp³-hybridized carbons (Fsp3) is 0.385. The van der Waals surface area contributed by atoms with E-state index in [0.29, 0.717) is 0 Å². The fourth-order valence-electron chi connectivity index (χ4n) is 1.51. The normalized spacial score (nSPS) is 11.1. The second kappa shape index (κ2) is 7.23. The Morgan fingerprint density at radius 3 is 2.41 bits per heavy atom. The van der Waals surface area contributed by atoms with Gasteiger partial charge in [0.05, 0.1) is 17.7 Å². The summed E-state index contributed by atoms with van der Waals surface area (Å²) in [5, 5.41) is 2.44. The van der Waals surface area contributed by atoms with Crippen LogP contribution in [0.15, 0.2) is 23.1 Å². The Morgan fingerprint density at radius 1 is 1.27 bits per heavy atom. The number of hydrogen-bond donors (Lipinski definition) is 1. The molecule has 0 saturated heterocycles. The number of esters is 1. The summed E-state index contributed by atoms with van der Waals surface area (Å²) in [5.41, 5.74) is 0.169. The highest BCUT2D eigenvalue weighted by Gasteiger charge is 2.20. The van der Waals surface area contributed by atoms with Crippen molar-refractivity contribution in [2.75, 3.05) is 33.1 Å². The van der Waals surface area contributed by atoms with E-state index in [2.05, 4.69) is 10.1 Å². The molecule has 0 radical (unpaired) electrons. The summed E-state index contributed by atoms with van der Waals surface area (Å²) in [6.45, 7) is 0.710. The van der Waals surface area contributed by atoms with Crippen LogP contribution in [0.5, 0.6) is 5.75 Å². The van der Waals surface area contributed by atoms with Crippen molar-refractivity contribution >= 4 is 27.6 Å². The molecule has 0 atom stereocenters. The van der Waals surface area contributed by atoms with E-state index in [1.807, 2.05) is 0 Å². The van der Waals surface area contributed by atoms with Crippen LogP contribution in [0.2, 0.25) is 0 Å². The lowest BCUT2D eigenvalue weighted by Gasteiger charge is -2.15. The number of carbonyl (C=O) groups is 2. The maximum absolute atomic E-state index is 12.1. The topological polar surface area (TPSA) is 102 Å². The molecule has 0 saturated carbocycles. The van der Waals surface area contributed by atoms with Crippen molar-refractivity contribution in [2.24, 2.45) is 0 Å². The molecule has 1 aromatic carbocycles. The van der Waals surface area contributed by atoms with Gasteiger partial charge in [0.1, 0.15) is 5.75 Å². The molecule has 9 heteroatoms. The second-order valence-corrected chi connectivity index (χ2v) is 6.63.